The summed E-state index contributed by atoms with van der Waals surface area (Å²) in [5, 5.41) is 3.12. The molecule has 96 valence electrons. The maximum Gasteiger partial charge on any atom is 0.151 e. The third-order valence-electron chi connectivity index (χ3n) is 3.37. The van der Waals surface area contributed by atoms with E-state index in [1.54, 1.807) is 0 Å². The molecule has 0 amide bonds. The van der Waals surface area contributed by atoms with Crippen LogP contribution in [0.3, 0.4) is 0 Å². The molecule has 0 aromatic heterocycles. The third kappa shape index (κ3) is 4.42. The molecule has 1 saturated carbocycles. The molecule has 0 spiro atoms. The molecule has 1 fully saturated rings. The van der Waals surface area contributed by atoms with E-state index in [0.29, 0.717) is 18.4 Å². The molecule has 0 aromatic rings. The van der Waals surface area contributed by atoms with Gasteiger partial charge < -0.3 is 5.32 Å². The molecule has 3 nitrogen and oxygen atoms in total. The molecule has 0 aliphatic heterocycles. The molecule has 1 rings (SSSR count). The lowest BCUT2D eigenvalue weighted by atomic mass is 10.0. The Kier molecular flexibility index (Phi) is 5.25. The summed E-state index contributed by atoms with van der Waals surface area (Å²) in [6.07, 6.45) is 5.94. The van der Waals surface area contributed by atoms with Gasteiger partial charge in [-0.15, -0.1) is 0 Å². The summed E-state index contributed by atoms with van der Waals surface area (Å²) in [5.74, 6) is 0.957. The zero-order valence-electron chi connectivity index (χ0n) is 10.7. The Bertz CT molecular complexity index is 292. The molecule has 0 bridgehead atoms. The summed E-state index contributed by atoms with van der Waals surface area (Å²) >= 11 is 0. The minimum absolute atomic E-state index is 0.172. The van der Waals surface area contributed by atoms with Gasteiger partial charge >= 0.3 is 0 Å². The van der Waals surface area contributed by atoms with E-state index < -0.39 is 9.84 Å². The van der Waals surface area contributed by atoms with E-state index in [1.165, 1.54) is 19.1 Å². The molecule has 4 heteroatoms. The lowest BCUT2D eigenvalue weighted by molar-refractivity contribution is 0.449. The van der Waals surface area contributed by atoms with Crippen LogP contribution >= 0.6 is 0 Å². The van der Waals surface area contributed by atoms with Gasteiger partial charge in [-0.3, -0.25) is 0 Å². The quantitative estimate of drug-likeness (QED) is 0.779. The fourth-order valence-electron chi connectivity index (χ4n) is 2.51. The van der Waals surface area contributed by atoms with Crippen LogP contribution in [-0.2, 0) is 9.84 Å². The van der Waals surface area contributed by atoms with Gasteiger partial charge in [0.15, 0.2) is 9.84 Å². The summed E-state index contributed by atoms with van der Waals surface area (Å²) < 4.78 is 23.5. The molecule has 1 aliphatic rings. The number of hydrogen-bond donors (Lipinski definition) is 1. The molecule has 0 heterocycles. The highest BCUT2D eigenvalue weighted by molar-refractivity contribution is 7.91. The highest BCUT2D eigenvalue weighted by atomic mass is 32.2. The monoisotopic (exact) mass is 247 g/mol. The Labute approximate surface area is 99.9 Å². The predicted molar refractivity (Wildman–Crippen MR) is 68.3 cm³/mol. The summed E-state index contributed by atoms with van der Waals surface area (Å²) in [7, 11) is -2.91. The predicted octanol–water partition coefficient (Wildman–Crippen LogP) is 1.84. The van der Waals surface area contributed by atoms with Gasteiger partial charge in [-0.2, -0.15) is 0 Å². The smallest absolute Gasteiger partial charge is 0.151 e. The van der Waals surface area contributed by atoms with E-state index in [2.05, 4.69) is 19.2 Å². The minimum atomic E-state index is -2.91. The molecule has 16 heavy (non-hydrogen) atoms. The van der Waals surface area contributed by atoms with Crippen LogP contribution in [0.4, 0.5) is 0 Å². The van der Waals surface area contributed by atoms with Gasteiger partial charge in [-0.25, -0.2) is 8.42 Å². The molecular formula is C12H25NO2S. The second-order valence-electron chi connectivity index (χ2n) is 5.46. The molecular weight excluding hydrogens is 222 g/mol. The second-order valence-corrected chi connectivity index (χ2v) is 7.73. The Morgan fingerprint density at radius 1 is 1.19 bits per heavy atom. The first-order chi connectivity index (χ1) is 7.41. The standard InChI is InChI=1S/C12H25NO2S/c1-10(2)8-13-9-12(16(3,14)15)11-6-4-5-7-11/h10-13H,4-9H2,1-3H3. The largest absolute Gasteiger partial charge is 0.315 e. The van der Waals surface area contributed by atoms with Crippen LogP contribution in [0.2, 0.25) is 0 Å². The van der Waals surface area contributed by atoms with Gasteiger partial charge in [0.25, 0.3) is 0 Å². The van der Waals surface area contributed by atoms with Crippen LogP contribution in [0.25, 0.3) is 0 Å². The maximum absolute atomic E-state index is 11.8. The van der Waals surface area contributed by atoms with E-state index in [4.69, 9.17) is 0 Å². The average Bonchev–Trinajstić information content (AvgIpc) is 2.62. The van der Waals surface area contributed by atoms with Crippen molar-refractivity contribution in [2.45, 2.75) is 44.8 Å². The highest BCUT2D eigenvalue weighted by Crippen LogP contribution is 2.30. The van der Waals surface area contributed by atoms with E-state index in [-0.39, 0.29) is 5.25 Å². The van der Waals surface area contributed by atoms with Gasteiger partial charge in [-0.1, -0.05) is 26.7 Å². The molecule has 1 aliphatic carbocycles. The summed E-state index contributed by atoms with van der Waals surface area (Å²) in [4.78, 5) is 0. The molecule has 0 saturated heterocycles. The Balaban J connectivity index is 2.51. The first-order valence-electron chi connectivity index (χ1n) is 6.31. The van der Waals surface area contributed by atoms with Crippen molar-refractivity contribution in [3.8, 4) is 0 Å². The van der Waals surface area contributed by atoms with Crippen molar-refractivity contribution in [1.82, 2.24) is 5.32 Å². The Morgan fingerprint density at radius 3 is 2.19 bits per heavy atom. The fraction of sp³-hybridized carbons (Fsp3) is 1.00. The van der Waals surface area contributed by atoms with Crippen LogP contribution in [-0.4, -0.2) is 33.0 Å². The fourth-order valence-corrected chi connectivity index (χ4v) is 3.90. The van der Waals surface area contributed by atoms with Gasteiger partial charge in [-0.05, 0) is 31.2 Å². The lowest BCUT2D eigenvalue weighted by Crippen LogP contribution is -2.39. The van der Waals surface area contributed by atoms with Gasteiger partial charge in [0.05, 0.1) is 5.25 Å². The first kappa shape index (κ1) is 14.0. The number of hydrogen-bond acceptors (Lipinski definition) is 3. The van der Waals surface area contributed by atoms with Crippen molar-refractivity contribution in [2.75, 3.05) is 19.3 Å². The summed E-state index contributed by atoms with van der Waals surface area (Å²) in [5.41, 5.74) is 0. The van der Waals surface area contributed by atoms with Crippen LogP contribution in [0, 0.1) is 11.8 Å². The molecule has 1 N–H and O–H groups in total. The lowest BCUT2D eigenvalue weighted by Gasteiger charge is -2.22. The number of nitrogens with one attached hydrogen (secondary N) is 1. The zero-order chi connectivity index (χ0) is 12.2. The van der Waals surface area contributed by atoms with Crippen LogP contribution in [0.1, 0.15) is 39.5 Å². The Morgan fingerprint density at radius 2 is 1.75 bits per heavy atom. The minimum Gasteiger partial charge on any atom is -0.315 e. The van der Waals surface area contributed by atoms with Crippen molar-refractivity contribution < 1.29 is 8.42 Å². The summed E-state index contributed by atoms with van der Waals surface area (Å²) in [6.45, 7) is 5.80. The highest BCUT2D eigenvalue weighted by Gasteiger charge is 2.31. The third-order valence-corrected chi connectivity index (χ3v) is 5.03. The second kappa shape index (κ2) is 6.01. The van der Waals surface area contributed by atoms with E-state index in [0.717, 1.165) is 19.4 Å². The van der Waals surface area contributed by atoms with Crippen LogP contribution < -0.4 is 5.32 Å². The van der Waals surface area contributed by atoms with Crippen molar-refractivity contribution >= 4 is 9.84 Å². The van der Waals surface area contributed by atoms with Crippen molar-refractivity contribution in [3.63, 3.8) is 0 Å². The topological polar surface area (TPSA) is 46.2 Å². The van der Waals surface area contributed by atoms with Crippen molar-refractivity contribution in [3.05, 3.63) is 0 Å². The normalized spacial score (nSPS) is 20.5. The Hall–Kier alpha value is -0.0900. The SMILES string of the molecule is CC(C)CNCC(C1CCCC1)S(C)(=O)=O. The van der Waals surface area contributed by atoms with Crippen LogP contribution in [0.15, 0.2) is 0 Å². The van der Waals surface area contributed by atoms with Crippen LogP contribution in [0.5, 0.6) is 0 Å². The van der Waals surface area contributed by atoms with E-state index in [9.17, 15) is 8.42 Å². The van der Waals surface area contributed by atoms with Gasteiger partial charge in [0.1, 0.15) is 0 Å². The number of sulfone groups is 1. The first-order valence-corrected chi connectivity index (χ1v) is 8.26. The van der Waals surface area contributed by atoms with Crippen molar-refractivity contribution in [1.29, 1.82) is 0 Å². The van der Waals surface area contributed by atoms with E-state index >= 15 is 0 Å². The average molecular weight is 247 g/mol. The number of rotatable bonds is 6. The van der Waals surface area contributed by atoms with E-state index in [1.807, 2.05) is 0 Å². The van der Waals surface area contributed by atoms with Crippen molar-refractivity contribution in [2.24, 2.45) is 11.8 Å². The maximum atomic E-state index is 11.8. The molecule has 0 aromatic carbocycles. The zero-order valence-corrected chi connectivity index (χ0v) is 11.5. The molecule has 0 radical (unpaired) electrons. The summed E-state index contributed by atoms with van der Waals surface area (Å²) in [6, 6.07) is 0. The van der Waals surface area contributed by atoms with Gasteiger partial charge in [0, 0.05) is 12.8 Å². The molecule has 1 atom stereocenters. The molecule has 1 unspecified atom stereocenters. The van der Waals surface area contributed by atoms with Gasteiger partial charge in [0.2, 0.25) is 0 Å².